The summed E-state index contributed by atoms with van der Waals surface area (Å²) in [6.07, 6.45) is 1.53. The Kier molecular flexibility index (Phi) is 6.66. The molecule has 8 heteroatoms. The molecule has 1 fully saturated rings. The number of aromatic nitrogens is 3. The summed E-state index contributed by atoms with van der Waals surface area (Å²) in [6, 6.07) is 17.7. The lowest BCUT2D eigenvalue weighted by molar-refractivity contribution is -0.119. The highest BCUT2D eigenvalue weighted by molar-refractivity contribution is 7.99. The average molecular weight is 436 g/mol. The van der Waals surface area contributed by atoms with Gasteiger partial charge in [-0.05, 0) is 31.0 Å². The Labute approximate surface area is 185 Å². The lowest BCUT2D eigenvalue weighted by atomic mass is 10.2. The monoisotopic (exact) mass is 435 g/mol. The van der Waals surface area contributed by atoms with Crippen LogP contribution >= 0.6 is 11.8 Å². The average Bonchev–Trinajstić information content (AvgIpc) is 3.43. The smallest absolute Gasteiger partial charge is 0.230 e. The Balaban J connectivity index is 1.30. The van der Waals surface area contributed by atoms with Crippen molar-refractivity contribution in [1.82, 2.24) is 20.1 Å². The van der Waals surface area contributed by atoms with E-state index in [-0.39, 0.29) is 17.6 Å². The van der Waals surface area contributed by atoms with Gasteiger partial charge in [-0.1, -0.05) is 54.2 Å². The molecule has 3 aromatic rings. The van der Waals surface area contributed by atoms with Crippen LogP contribution in [-0.2, 0) is 22.7 Å². The molecule has 0 radical (unpaired) electrons. The van der Waals surface area contributed by atoms with E-state index in [1.807, 2.05) is 71.0 Å². The third-order valence-corrected chi connectivity index (χ3v) is 6.18. The molecule has 0 spiro atoms. The standard InChI is InChI=1S/C23H25N5O2S/c1-2-27-22(18-7-4-3-5-8-18)25-26-23(27)31-16-20(29)24-15-17-10-12-19(13-11-17)28-14-6-9-21(28)30/h3-5,7-8,10-13H,2,6,9,14-16H2,1H3,(H,24,29). The van der Waals surface area contributed by atoms with Gasteiger partial charge in [0.15, 0.2) is 11.0 Å². The zero-order chi connectivity index (χ0) is 21.6. The number of rotatable bonds is 8. The zero-order valence-corrected chi connectivity index (χ0v) is 18.3. The summed E-state index contributed by atoms with van der Waals surface area (Å²) in [5.74, 6) is 1.19. The predicted molar refractivity (Wildman–Crippen MR) is 122 cm³/mol. The molecule has 0 saturated carbocycles. The van der Waals surface area contributed by atoms with Gasteiger partial charge in [-0.2, -0.15) is 0 Å². The molecule has 0 bridgehead atoms. The third kappa shape index (κ3) is 4.96. The fourth-order valence-corrected chi connectivity index (χ4v) is 4.41. The number of hydrogen-bond acceptors (Lipinski definition) is 5. The molecule has 4 rings (SSSR count). The highest BCUT2D eigenvalue weighted by atomic mass is 32.2. The summed E-state index contributed by atoms with van der Waals surface area (Å²) in [4.78, 5) is 26.0. The third-order valence-electron chi connectivity index (χ3n) is 5.21. The van der Waals surface area contributed by atoms with Crippen LogP contribution in [0.1, 0.15) is 25.3 Å². The van der Waals surface area contributed by atoms with Gasteiger partial charge in [0.1, 0.15) is 0 Å². The molecular formula is C23H25N5O2S. The highest BCUT2D eigenvalue weighted by Gasteiger charge is 2.21. The Hall–Kier alpha value is -3.13. The molecule has 1 aliphatic heterocycles. The number of thioether (sulfide) groups is 1. The first-order chi connectivity index (χ1) is 15.2. The van der Waals surface area contributed by atoms with Gasteiger partial charge in [0.05, 0.1) is 5.75 Å². The van der Waals surface area contributed by atoms with E-state index < -0.39 is 0 Å². The van der Waals surface area contributed by atoms with Gasteiger partial charge in [-0.15, -0.1) is 10.2 Å². The maximum atomic E-state index is 12.3. The molecule has 160 valence electrons. The molecule has 0 aliphatic carbocycles. The summed E-state index contributed by atoms with van der Waals surface area (Å²) in [5.41, 5.74) is 2.92. The highest BCUT2D eigenvalue weighted by Crippen LogP contribution is 2.24. The molecule has 2 amide bonds. The summed E-state index contributed by atoms with van der Waals surface area (Å²) >= 11 is 1.38. The van der Waals surface area contributed by atoms with E-state index in [0.717, 1.165) is 47.3 Å². The minimum atomic E-state index is -0.0595. The molecule has 31 heavy (non-hydrogen) atoms. The molecular weight excluding hydrogens is 410 g/mol. The maximum Gasteiger partial charge on any atom is 0.230 e. The van der Waals surface area contributed by atoms with Crippen molar-refractivity contribution in [2.75, 3.05) is 17.2 Å². The molecule has 0 unspecified atom stereocenters. The second kappa shape index (κ2) is 9.78. The quantitative estimate of drug-likeness (QED) is 0.548. The predicted octanol–water partition coefficient (Wildman–Crippen LogP) is 3.50. The second-order valence-corrected chi connectivity index (χ2v) is 8.24. The first-order valence-corrected chi connectivity index (χ1v) is 11.4. The zero-order valence-electron chi connectivity index (χ0n) is 17.5. The Morgan fingerprint density at radius 1 is 1.10 bits per heavy atom. The van der Waals surface area contributed by atoms with Crippen molar-refractivity contribution >= 4 is 29.3 Å². The lowest BCUT2D eigenvalue weighted by Gasteiger charge is -2.16. The van der Waals surface area contributed by atoms with Crippen molar-refractivity contribution < 1.29 is 9.59 Å². The van der Waals surface area contributed by atoms with Crippen LogP contribution in [0.4, 0.5) is 5.69 Å². The van der Waals surface area contributed by atoms with Crippen molar-refractivity contribution in [2.45, 2.75) is 38.0 Å². The van der Waals surface area contributed by atoms with E-state index >= 15 is 0 Å². The first kappa shape index (κ1) is 21.1. The van der Waals surface area contributed by atoms with Crippen LogP contribution in [0, 0.1) is 0 Å². The van der Waals surface area contributed by atoms with Crippen molar-refractivity contribution in [3.8, 4) is 11.4 Å². The largest absolute Gasteiger partial charge is 0.351 e. The van der Waals surface area contributed by atoms with Gasteiger partial charge < -0.3 is 14.8 Å². The fourth-order valence-electron chi connectivity index (χ4n) is 3.58. The van der Waals surface area contributed by atoms with E-state index in [1.165, 1.54) is 11.8 Å². The maximum absolute atomic E-state index is 12.3. The van der Waals surface area contributed by atoms with Crippen molar-refractivity contribution in [1.29, 1.82) is 0 Å². The molecule has 0 atom stereocenters. The van der Waals surface area contributed by atoms with Crippen molar-refractivity contribution in [2.24, 2.45) is 0 Å². The number of nitrogens with one attached hydrogen (secondary N) is 1. The Bertz CT molecular complexity index is 1050. The Morgan fingerprint density at radius 2 is 1.87 bits per heavy atom. The Morgan fingerprint density at radius 3 is 2.55 bits per heavy atom. The molecule has 1 N–H and O–H groups in total. The summed E-state index contributed by atoms with van der Waals surface area (Å²) < 4.78 is 2.02. The van der Waals surface area contributed by atoms with Crippen LogP contribution in [-0.4, -0.2) is 38.9 Å². The van der Waals surface area contributed by atoms with Gasteiger partial charge >= 0.3 is 0 Å². The second-order valence-electron chi connectivity index (χ2n) is 7.30. The molecule has 2 heterocycles. The number of carbonyl (C=O) groups excluding carboxylic acids is 2. The van der Waals surface area contributed by atoms with Crippen LogP contribution in [0.2, 0.25) is 0 Å². The van der Waals surface area contributed by atoms with E-state index in [9.17, 15) is 9.59 Å². The van der Waals surface area contributed by atoms with E-state index in [2.05, 4.69) is 15.5 Å². The number of amides is 2. The summed E-state index contributed by atoms with van der Waals surface area (Å²) in [5, 5.41) is 12.3. The molecule has 1 aliphatic rings. The van der Waals surface area contributed by atoms with Crippen LogP contribution in [0.5, 0.6) is 0 Å². The van der Waals surface area contributed by atoms with Crippen LogP contribution in [0.25, 0.3) is 11.4 Å². The van der Waals surface area contributed by atoms with Crippen molar-refractivity contribution in [3.05, 3.63) is 60.2 Å². The van der Waals surface area contributed by atoms with Gasteiger partial charge in [0, 0.05) is 37.3 Å². The molecule has 1 saturated heterocycles. The van der Waals surface area contributed by atoms with Gasteiger partial charge in [0.25, 0.3) is 0 Å². The number of benzene rings is 2. The number of anilines is 1. The number of nitrogens with zero attached hydrogens (tertiary/aromatic N) is 4. The van der Waals surface area contributed by atoms with Crippen molar-refractivity contribution in [3.63, 3.8) is 0 Å². The van der Waals surface area contributed by atoms with E-state index in [1.54, 1.807) is 0 Å². The van der Waals surface area contributed by atoms with Gasteiger partial charge in [-0.25, -0.2) is 0 Å². The topological polar surface area (TPSA) is 80.1 Å². The lowest BCUT2D eigenvalue weighted by Crippen LogP contribution is -2.25. The first-order valence-electron chi connectivity index (χ1n) is 10.4. The van der Waals surface area contributed by atoms with E-state index in [4.69, 9.17) is 0 Å². The summed E-state index contributed by atoms with van der Waals surface area (Å²) in [7, 11) is 0. The molecule has 1 aromatic heterocycles. The van der Waals surface area contributed by atoms with Crippen LogP contribution < -0.4 is 10.2 Å². The summed E-state index contributed by atoms with van der Waals surface area (Å²) in [6.45, 7) is 4.00. The van der Waals surface area contributed by atoms with E-state index in [0.29, 0.717) is 13.0 Å². The molecule has 2 aromatic carbocycles. The minimum absolute atomic E-state index is 0.0595. The minimum Gasteiger partial charge on any atom is -0.351 e. The van der Waals surface area contributed by atoms with Gasteiger partial charge in [-0.3, -0.25) is 9.59 Å². The normalized spacial score (nSPS) is 13.6. The number of hydrogen-bond donors (Lipinski definition) is 1. The van der Waals surface area contributed by atoms with Crippen LogP contribution in [0.15, 0.2) is 59.8 Å². The fraction of sp³-hybridized carbons (Fsp3) is 0.304. The molecule has 7 nitrogen and oxygen atoms in total. The van der Waals surface area contributed by atoms with Crippen LogP contribution in [0.3, 0.4) is 0 Å². The van der Waals surface area contributed by atoms with Gasteiger partial charge in [0.2, 0.25) is 11.8 Å². The number of carbonyl (C=O) groups is 2. The SMILES string of the molecule is CCn1c(SCC(=O)NCc2ccc(N3CCCC3=O)cc2)nnc1-c1ccccc1.